The highest BCUT2D eigenvalue weighted by atomic mass is 16.7. The van der Waals surface area contributed by atoms with Gasteiger partial charge in [0.2, 0.25) is 17.7 Å². The van der Waals surface area contributed by atoms with Crippen LogP contribution in [0.1, 0.15) is 141 Å². The molecule has 19 nitrogen and oxygen atoms in total. The molecule has 2 amide bonds. The summed E-state index contributed by atoms with van der Waals surface area (Å²) in [5.74, 6) is 2.27. The van der Waals surface area contributed by atoms with Crippen molar-refractivity contribution < 1.29 is 28.8 Å². The number of amides is 2. The Hall–Kier alpha value is -9.52. The first-order valence-corrected chi connectivity index (χ1v) is 29.0. The Kier molecular flexibility index (Phi) is 21.1. The summed E-state index contributed by atoms with van der Waals surface area (Å²) < 4.78 is 7.70. The highest BCUT2D eigenvalue weighted by molar-refractivity contribution is 6.07. The average molecular weight is 1150 g/mol. The summed E-state index contributed by atoms with van der Waals surface area (Å²) in [5.41, 5.74) is 19.1. The fourth-order valence-corrected chi connectivity index (χ4v) is 10.2. The van der Waals surface area contributed by atoms with Gasteiger partial charge in [-0.05, 0) is 116 Å². The summed E-state index contributed by atoms with van der Waals surface area (Å²) in [4.78, 5) is 88.0. The molecule has 2 aliphatic heterocycles. The number of hydrogen-bond donors (Lipinski definition) is 2. The van der Waals surface area contributed by atoms with Crippen molar-refractivity contribution in [3.8, 4) is 34.0 Å². The number of rotatable bonds is 26. The van der Waals surface area contributed by atoms with Crippen molar-refractivity contribution in [3.63, 3.8) is 0 Å². The number of hydrogen-bond acceptors (Lipinski definition) is 16. The lowest BCUT2D eigenvalue weighted by Crippen LogP contribution is -2.35. The number of nitrogens with two attached hydrogens (primary N) is 1. The molecule has 4 aromatic carbocycles. The number of fused-ring (bicyclic) bond motifs is 2. The molecule has 2 aliphatic rings. The minimum absolute atomic E-state index is 0.0226. The van der Waals surface area contributed by atoms with Crippen LogP contribution in [-0.4, -0.2) is 129 Å². The smallest absolute Gasteiger partial charge is 0.253 e. The molecule has 4 heterocycles. The number of aldehydes is 2. The molecule has 0 atom stereocenters. The molecular weight excluding hydrogens is 1070 g/mol. The molecule has 442 valence electrons. The number of ether oxygens (including phenoxy) is 1. The zero-order chi connectivity index (χ0) is 60.6. The number of carbonyl (C=O) groups excluding carboxylic acids is 4. The van der Waals surface area contributed by atoms with E-state index in [1.165, 1.54) is 7.11 Å². The van der Waals surface area contributed by atoms with Gasteiger partial charge in [0.25, 0.3) is 5.88 Å². The van der Waals surface area contributed by atoms with Gasteiger partial charge in [-0.2, -0.15) is 15.1 Å². The Bertz CT molecular complexity index is 3580. The van der Waals surface area contributed by atoms with Crippen LogP contribution in [0.3, 0.4) is 0 Å². The number of nitrogens with zero attached hydrogens (tertiary/aromatic N) is 11. The van der Waals surface area contributed by atoms with Gasteiger partial charge in [-0.3, -0.25) is 24.2 Å². The third-order valence-corrected chi connectivity index (χ3v) is 14.3. The van der Waals surface area contributed by atoms with Crippen molar-refractivity contribution in [1.82, 2.24) is 44.7 Å². The monoisotopic (exact) mass is 1150 g/mol. The van der Waals surface area contributed by atoms with E-state index in [9.17, 15) is 19.2 Å². The van der Waals surface area contributed by atoms with Crippen LogP contribution in [0.15, 0.2) is 124 Å². The van der Waals surface area contributed by atoms with Crippen molar-refractivity contribution >= 4 is 71.9 Å². The standard InChI is InChI=1S/C66H77N13O6/c1-10-24-77(25-11-2)65(82)54-32-50-18-14-47(34-57(50)70-59(67)36-54)45-16-20-52(42-80)49(30-45)22-28-75(7)40-61-72-63(84-9)38-64(73-61)85-74-60-37-55(66(83)78(26-12-3)27-13-4)33-51-19-15-48(35-58(51)71-60)46-17-21-53(43-81)56(31-46)39-69-76(8)41-62-68-23-29-79(62)44(5)6/h14-23,28-35,38-39,42-44H,10-13,24-27,36-37,40-41H2,1-9H3,(H2,67,70)(H,71,74)/b28-22-,69-39-. The lowest BCUT2D eigenvalue weighted by Gasteiger charge is -2.23. The first kappa shape index (κ1) is 61.5. The molecule has 0 aliphatic carbocycles. The third kappa shape index (κ3) is 15.8. The Morgan fingerprint density at radius 1 is 0.694 bits per heavy atom. The first-order valence-electron chi connectivity index (χ1n) is 29.0. The fourth-order valence-electron chi connectivity index (χ4n) is 10.2. The first-order chi connectivity index (χ1) is 41.1. The van der Waals surface area contributed by atoms with Gasteiger partial charge in [-0.15, -0.1) is 0 Å². The molecule has 19 heteroatoms. The minimum atomic E-state index is -0.0899. The van der Waals surface area contributed by atoms with Gasteiger partial charge in [0.1, 0.15) is 17.5 Å². The van der Waals surface area contributed by atoms with E-state index < -0.39 is 0 Å². The molecule has 85 heavy (non-hydrogen) atoms. The molecule has 3 N–H and O–H groups in total. The number of aliphatic imine (C=N–C) groups is 2. The molecule has 0 saturated carbocycles. The quantitative estimate of drug-likeness (QED) is 0.0294. The maximum absolute atomic E-state index is 14.3. The lowest BCUT2D eigenvalue weighted by atomic mass is 9.97. The SMILES string of the molecule is CCCN(CCC)C(=O)C1=Cc2ccc(-c3ccc(C=O)c(/C=C\N(C)Cc4nc(OC)cc(ONC5=Nc6cc(-c7ccc(C=O)c(/C=N\N(C)Cc8nccn8C(C)C)c7)ccc6C=C(C(=O)N(CCC)CCC)C5)n4)c3)cc2N=C(N)C1. The number of nitrogens with one attached hydrogen (secondary N) is 1. The fraction of sp³-hybridized carbons (Fsp3) is 0.333. The molecule has 2 aromatic heterocycles. The molecule has 8 rings (SSSR count). The number of amidine groups is 2. The predicted molar refractivity (Wildman–Crippen MR) is 337 cm³/mol. The summed E-state index contributed by atoms with van der Waals surface area (Å²) >= 11 is 0. The largest absolute Gasteiger partial charge is 0.481 e. The zero-order valence-electron chi connectivity index (χ0n) is 50.2. The van der Waals surface area contributed by atoms with E-state index in [-0.39, 0.29) is 49.0 Å². The highest BCUT2D eigenvalue weighted by Gasteiger charge is 2.25. The van der Waals surface area contributed by atoms with E-state index >= 15 is 0 Å². The molecule has 0 spiro atoms. The normalized spacial score (nSPS) is 13.0. The summed E-state index contributed by atoms with van der Waals surface area (Å²) in [6, 6.07) is 24.8. The van der Waals surface area contributed by atoms with Crippen molar-refractivity contribution in [1.29, 1.82) is 0 Å². The van der Waals surface area contributed by atoms with Crippen LogP contribution in [0.2, 0.25) is 0 Å². The van der Waals surface area contributed by atoms with Crippen LogP contribution in [0.25, 0.3) is 40.5 Å². The number of imidazole rings is 1. The Labute approximate surface area is 498 Å². The second-order valence-corrected chi connectivity index (χ2v) is 21.4. The summed E-state index contributed by atoms with van der Waals surface area (Å²) in [6.07, 6.45) is 18.3. The Morgan fingerprint density at radius 3 is 1.81 bits per heavy atom. The van der Waals surface area contributed by atoms with E-state index in [0.29, 0.717) is 95.0 Å². The van der Waals surface area contributed by atoms with Crippen LogP contribution in [0, 0.1) is 0 Å². The lowest BCUT2D eigenvalue weighted by molar-refractivity contribution is -0.128. The van der Waals surface area contributed by atoms with Gasteiger partial charge in [-0.1, -0.05) is 76.2 Å². The molecule has 0 radical (unpaired) electrons. The highest BCUT2D eigenvalue weighted by Crippen LogP contribution is 2.35. The van der Waals surface area contributed by atoms with Crippen LogP contribution in [-0.2, 0) is 22.7 Å². The maximum Gasteiger partial charge on any atom is 0.253 e. The molecular formula is C66H77N13O6. The van der Waals surface area contributed by atoms with E-state index in [4.69, 9.17) is 30.3 Å². The van der Waals surface area contributed by atoms with Crippen molar-refractivity contribution in [2.45, 2.75) is 99.2 Å². The number of benzene rings is 4. The van der Waals surface area contributed by atoms with Gasteiger partial charge in [0.05, 0.1) is 43.9 Å². The number of carbonyl (C=O) groups is 4. The van der Waals surface area contributed by atoms with E-state index in [1.807, 2.05) is 120 Å². The van der Waals surface area contributed by atoms with Gasteiger partial charge < -0.3 is 34.6 Å². The van der Waals surface area contributed by atoms with Crippen molar-refractivity contribution in [2.24, 2.45) is 20.8 Å². The minimum Gasteiger partial charge on any atom is -0.481 e. The van der Waals surface area contributed by atoms with Crippen LogP contribution in [0.4, 0.5) is 11.4 Å². The predicted octanol–water partition coefficient (Wildman–Crippen LogP) is 11.3. The van der Waals surface area contributed by atoms with E-state index in [0.717, 1.165) is 77.5 Å². The van der Waals surface area contributed by atoms with Gasteiger partial charge in [-0.25, -0.2) is 20.4 Å². The number of aromatic nitrogens is 4. The molecule has 0 bridgehead atoms. The summed E-state index contributed by atoms with van der Waals surface area (Å²) in [7, 11) is 5.24. The zero-order valence-corrected chi connectivity index (χ0v) is 50.2. The Morgan fingerprint density at radius 2 is 1.24 bits per heavy atom. The third-order valence-electron chi connectivity index (χ3n) is 14.3. The van der Waals surface area contributed by atoms with Crippen LogP contribution >= 0.6 is 0 Å². The Balaban J connectivity index is 1.01. The molecule has 6 aromatic rings. The summed E-state index contributed by atoms with van der Waals surface area (Å²) in [6.45, 7) is 15.7. The summed E-state index contributed by atoms with van der Waals surface area (Å²) in [5, 5.41) is 6.46. The average Bonchev–Trinajstić information content (AvgIpc) is 4.11. The maximum atomic E-state index is 14.3. The number of hydrazone groups is 1. The second-order valence-electron chi connectivity index (χ2n) is 21.4. The van der Waals surface area contributed by atoms with Gasteiger partial charge >= 0.3 is 0 Å². The second kappa shape index (κ2) is 29.1. The van der Waals surface area contributed by atoms with Crippen LogP contribution < -0.4 is 20.8 Å². The van der Waals surface area contributed by atoms with Crippen LogP contribution in [0.5, 0.6) is 11.8 Å². The molecule has 0 saturated heterocycles. The topological polar surface area (TPSA) is 218 Å². The molecule has 0 fully saturated rings. The molecule has 0 unspecified atom stereocenters. The van der Waals surface area contributed by atoms with E-state index in [2.05, 4.69) is 66.7 Å². The number of methoxy groups -OCH3 is 1. The van der Waals surface area contributed by atoms with E-state index in [1.54, 1.807) is 35.6 Å². The van der Waals surface area contributed by atoms with Crippen molar-refractivity contribution in [2.75, 3.05) is 47.4 Å². The number of hydroxylamine groups is 1. The van der Waals surface area contributed by atoms with Crippen molar-refractivity contribution in [3.05, 3.63) is 154 Å². The van der Waals surface area contributed by atoms with Gasteiger partial charge in [0, 0.05) is 111 Å². The van der Waals surface area contributed by atoms with Gasteiger partial charge in [0.15, 0.2) is 18.4 Å².